The number of piperidine rings is 1. The Labute approximate surface area is 177 Å². The Morgan fingerprint density at radius 1 is 1.42 bits per heavy atom. The first kappa shape index (κ1) is 22.9. The molecule has 0 aliphatic carbocycles. The van der Waals surface area contributed by atoms with Gasteiger partial charge in [-0.05, 0) is 25.7 Å². The number of halogens is 1. The molecule has 0 radical (unpaired) electrons. The lowest BCUT2D eigenvalue weighted by molar-refractivity contribution is -0.121. The Bertz CT molecular complexity index is 584. The van der Waals surface area contributed by atoms with Gasteiger partial charge in [0.25, 0.3) is 0 Å². The summed E-state index contributed by atoms with van der Waals surface area (Å²) in [4.78, 5) is 25.2. The Balaban J connectivity index is 0.00000338. The van der Waals surface area contributed by atoms with Crippen LogP contribution >= 0.6 is 35.3 Å². The van der Waals surface area contributed by atoms with Gasteiger partial charge in [0.05, 0.1) is 12.2 Å². The molecule has 1 aromatic heterocycles. The van der Waals surface area contributed by atoms with Crippen molar-refractivity contribution >= 4 is 52.3 Å². The van der Waals surface area contributed by atoms with Crippen LogP contribution in [0.3, 0.4) is 0 Å². The second-order valence-corrected chi connectivity index (χ2v) is 7.33. The summed E-state index contributed by atoms with van der Waals surface area (Å²) in [5.74, 6) is 1.56. The number of amides is 1. The molecule has 0 spiro atoms. The lowest BCUT2D eigenvalue weighted by Crippen LogP contribution is -2.46. The smallest absolute Gasteiger partial charge is 0.220 e. The zero-order chi connectivity index (χ0) is 18.2. The van der Waals surface area contributed by atoms with Crippen LogP contribution in [0.2, 0.25) is 0 Å². The van der Waals surface area contributed by atoms with Gasteiger partial charge in [0.1, 0.15) is 0 Å². The van der Waals surface area contributed by atoms with Gasteiger partial charge in [-0.3, -0.25) is 4.79 Å². The highest BCUT2D eigenvalue weighted by Crippen LogP contribution is 2.21. The van der Waals surface area contributed by atoms with Gasteiger partial charge in [-0.25, -0.2) is 9.98 Å². The molecule has 0 unspecified atom stereocenters. The predicted molar refractivity (Wildman–Crippen MR) is 120 cm³/mol. The first-order chi connectivity index (χ1) is 12.0. The minimum absolute atomic E-state index is 0. The van der Waals surface area contributed by atoms with Gasteiger partial charge in [-0.1, -0.05) is 0 Å². The van der Waals surface area contributed by atoms with Crippen molar-refractivity contribution in [2.75, 3.05) is 45.7 Å². The molecule has 9 heteroatoms. The lowest BCUT2D eigenvalue weighted by Gasteiger charge is -2.34. The number of hydrogen-bond acceptors (Lipinski definition) is 5. The van der Waals surface area contributed by atoms with Crippen LogP contribution in [0.1, 0.15) is 31.9 Å². The third-order valence-corrected chi connectivity index (χ3v) is 5.37. The van der Waals surface area contributed by atoms with Crippen LogP contribution in [0.25, 0.3) is 0 Å². The highest BCUT2D eigenvalue weighted by molar-refractivity contribution is 14.0. The number of guanidine groups is 1. The number of likely N-dealkylation sites (tertiary alicyclic amines) is 1. The molecule has 26 heavy (non-hydrogen) atoms. The molecule has 2 rings (SSSR count). The highest BCUT2D eigenvalue weighted by atomic mass is 127. The average Bonchev–Trinajstić information content (AvgIpc) is 3.08. The molecule has 1 saturated heterocycles. The number of thiazole rings is 1. The molecule has 1 aromatic rings. The van der Waals surface area contributed by atoms with E-state index in [9.17, 15) is 4.79 Å². The van der Waals surface area contributed by atoms with Crippen molar-refractivity contribution in [1.29, 1.82) is 0 Å². The first-order valence-electron chi connectivity index (χ1n) is 8.89. The van der Waals surface area contributed by atoms with Crippen molar-refractivity contribution in [3.05, 3.63) is 11.1 Å². The van der Waals surface area contributed by atoms with Crippen LogP contribution in [0.4, 0.5) is 5.13 Å². The number of hydrogen-bond donors (Lipinski definition) is 2. The fourth-order valence-electron chi connectivity index (χ4n) is 2.87. The van der Waals surface area contributed by atoms with E-state index < -0.39 is 0 Å². The number of aromatic nitrogens is 1. The van der Waals surface area contributed by atoms with E-state index in [1.54, 1.807) is 18.4 Å². The summed E-state index contributed by atoms with van der Waals surface area (Å²) in [5.41, 5.74) is 0.999. The van der Waals surface area contributed by atoms with Crippen LogP contribution in [0.15, 0.2) is 10.4 Å². The topological polar surface area (TPSA) is 72.9 Å². The quantitative estimate of drug-likeness (QED) is 0.360. The van der Waals surface area contributed by atoms with Crippen LogP contribution in [0.5, 0.6) is 0 Å². The molecule has 1 aliphatic heterocycles. The molecule has 148 valence electrons. The van der Waals surface area contributed by atoms with Gasteiger partial charge < -0.3 is 20.4 Å². The maximum Gasteiger partial charge on any atom is 0.220 e. The summed E-state index contributed by atoms with van der Waals surface area (Å²) in [6.45, 7) is 5.39. The standard InChI is InChI=1S/C17H30N6OS.HI/c1-5-19-16(20-11-14-12-25-17(21-14)22(3)4)23-8-6-13(7-9-23)10-15(24)18-2;/h12-13H,5-11H2,1-4H3,(H,18,24)(H,19,20);1H. The van der Waals surface area contributed by atoms with Crippen molar-refractivity contribution in [1.82, 2.24) is 20.5 Å². The summed E-state index contributed by atoms with van der Waals surface area (Å²) in [6, 6.07) is 0. The molecule has 0 bridgehead atoms. The monoisotopic (exact) mass is 494 g/mol. The minimum Gasteiger partial charge on any atom is -0.359 e. The maximum absolute atomic E-state index is 11.5. The van der Waals surface area contributed by atoms with Crippen LogP contribution in [0, 0.1) is 5.92 Å². The van der Waals surface area contributed by atoms with E-state index in [1.165, 1.54) is 0 Å². The lowest BCUT2D eigenvalue weighted by atomic mass is 9.93. The highest BCUT2D eigenvalue weighted by Gasteiger charge is 2.23. The number of rotatable bonds is 6. The average molecular weight is 494 g/mol. The summed E-state index contributed by atoms with van der Waals surface area (Å²) in [6.07, 6.45) is 2.68. The van der Waals surface area contributed by atoms with Gasteiger partial charge in [-0.15, -0.1) is 35.3 Å². The second-order valence-electron chi connectivity index (χ2n) is 6.49. The third kappa shape index (κ3) is 6.90. The number of carbonyl (C=O) groups is 1. The molecule has 1 aliphatic rings. The second kappa shape index (κ2) is 11.6. The molecular formula is C17H31IN6OS. The number of nitrogens with one attached hydrogen (secondary N) is 2. The van der Waals surface area contributed by atoms with Crippen LogP contribution in [-0.2, 0) is 11.3 Å². The Hall–Kier alpha value is -1.10. The zero-order valence-electron chi connectivity index (χ0n) is 16.1. The zero-order valence-corrected chi connectivity index (χ0v) is 19.3. The van der Waals surface area contributed by atoms with Crippen LogP contribution < -0.4 is 15.5 Å². The van der Waals surface area contributed by atoms with E-state index in [0.29, 0.717) is 18.9 Å². The fraction of sp³-hybridized carbons (Fsp3) is 0.706. The number of carbonyl (C=O) groups excluding carboxylic acids is 1. The van der Waals surface area contributed by atoms with Crippen molar-refractivity contribution in [2.24, 2.45) is 10.9 Å². The summed E-state index contributed by atoms with van der Waals surface area (Å²) in [5, 5.41) is 9.17. The number of anilines is 1. The molecule has 1 fully saturated rings. The van der Waals surface area contributed by atoms with Gasteiger partial charge in [-0.2, -0.15) is 0 Å². The molecule has 0 aromatic carbocycles. The molecular weight excluding hydrogens is 463 g/mol. The Morgan fingerprint density at radius 3 is 2.65 bits per heavy atom. The van der Waals surface area contributed by atoms with Crippen molar-refractivity contribution in [3.63, 3.8) is 0 Å². The third-order valence-electron chi connectivity index (χ3n) is 4.31. The van der Waals surface area contributed by atoms with Gasteiger partial charge in [0, 0.05) is 52.6 Å². The van der Waals surface area contributed by atoms with E-state index in [0.717, 1.165) is 49.3 Å². The first-order valence-corrected chi connectivity index (χ1v) is 9.77. The number of nitrogens with zero attached hydrogens (tertiary/aromatic N) is 4. The molecule has 0 saturated carbocycles. The van der Waals surface area contributed by atoms with Crippen molar-refractivity contribution < 1.29 is 4.79 Å². The molecule has 2 heterocycles. The number of aliphatic imine (C=N–C) groups is 1. The summed E-state index contributed by atoms with van der Waals surface area (Å²) in [7, 11) is 5.70. The van der Waals surface area contributed by atoms with E-state index >= 15 is 0 Å². The van der Waals surface area contributed by atoms with Gasteiger partial charge >= 0.3 is 0 Å². The van der Waals surface area contributed by atoms with Crippen LogP contribution in [-0.4, -0.2) is 62.5 Å². The summed E-state index contributed by atoms with van der Waals surface area (Å²) >= 11 is 1.64. The van der Waals surface area contributed by atoms with Crippen molar-refractivity contribution in [3.8, 4) is 0 Å². The van der Waals surface area contributed by atoms with Gasteiger partial charge in [0.15, 0.2) is 11.1 Å². The molecule has 7 nitrogen and oxygen atoms in total. The Morgan fingerprint density at radius 2 is 2.12 bits per heavy atom. The molecule has 0 atom stereocenters. The normalized spacial score (nSPS) is 15.4. The fourth-order valence-corrected chi connectivity index (χ4v) is 3.62. The predicted octanol–water partition coefficient (Wildman–Crippen LogP) is 2.14. The maximum atomic E-state index is 11.5. The molecule has 1 amide bonds. The van der Waals surface area contributed by atoms with Gasteiger partial charge in [0.2, 0.25) is 5.91 Å². The van der Waals surface area contributed by atoms with E-state index in [2.05, 4.69) is 32.8 Å². The van der Waals surface area contributed by atoms with Crippen molar-refractivity contribution in [2.45, 2.75) is 32.7 Å². The largest absolute Gasteiger partial charge is 0.359 e. The van der Waals surface area contributed by atoms with E-state index in [4.69, 9.17) is 4.99 Å². The van der Waals surface area contributed by atoms with E-state index in [1.807, 2.05) is 19.0 Å². The van der Waals surface area contributed by atoms with E-state index in [-0.39, 0.29) is 29.9 Å². The SMILES string of the molecule is CCNC(=NCc1csc(N(C)C)n1)N1CCC(CC(=O)NC)CC1.I. The molecule has 2 N–H and O–H groups in total. The minimum atomic E-state index is 0. The Kier molecular flexibility index (Phi) is 10.2. The summed E-state index contributed by atoms with van der Waals surface area (Å²) < 4.78 is 0.